The van der Waals surface area contributed by atoms with Crippen LogP contribution in [0.3, 0.4) is 0 Å². The predicted octanol–water partition coefficient (Wildman–Crippen LogP) is 2.96. The number of ether oxygens (including phenoxy) is 1. The maximum atomic E-state index is 12.0. The van der Waals surface area contributed by atoms with Gasteiger partial charge in [0.2, 0.25) is 5.78 Å². The minimum absolute atomic E-state index is 0.00265. The van der Waals surface area contributed by atoms with Gasteiger partial charge in [-0.15, -0.1) is 0 Å². The number of aromatic amines is 1. The number of ketones is 1. The average Bonchev–Trinajstić information content (AvgIpc) is 2.89. The Morgan fingerprint density at radius 2 is 2.15 bits per heavy atom. The summed E-state index contributed by atoms with van der Waals surface area (Å²) in [6.45, 7) is 3.72. The van der Waals surface area contributed by atoms with Crippen LogP contribution < -0.4 is 4.74 Å². The summed E-state index contributed by atoms with van der Waals surface area (Å²) in [5.41, 5.74) is 2.33. The number of nitrogens with zero attached hydrogens (tertiary/aromatic N) is 2. The molecule has 2 heterocycles. The first-order chi connectivity index (χ1) is 9.60. The van der Waals surface area contributed by atoms with Crippen molar-refractivity contribution in [2.24, 2.45) is 5.92 Å². The van der Waals surface area contributed by atoms with E-state index in [1.807, 2.05) is 32.0 Å². The van der Waals surface area contributed by atoms with Gasteiger partial charge in [0.15, 0.2) is 5.82 Å². The molecule has 5 nitrogen and oxygen atoms in total. The monoisotopic (exact) mass is 269 g/mol. The van der Waals surface area contributed by atoms with Crippen LogP contribution in [-0.4, -0.2) is 27.8 Å². The van der Waals surface area contributed by atoms with E-state index in [9.17, 15) is 4.79 Å². The van der Waals surface area contributed by atoms with Crippen molar-refractivity contribution in [2.45, 2.75) is 13.8 Å². The number of carbonyl (C=O) groups excluding carboxylic acids is 1. The third kappa shape index (κ3) is 1.91. The molecule has 2 aromatic heterocycles. The molecule has 3 rings (SSSR count). The van der Waals surface area contributed by atoms with Crippen molar-refractivity contribution in [3.05, 3.63) is 30.2 Å². The first-order valence-corrected chi connectivity index (χ1v) is 6.47. The molecule has 1 N–H and O–H groups in total. The second-order valence-electron chi connectivity index (χ2n) is 5.01. The van der Waals surface area contributed by atoms with E-state index < -0.39 is 0 Å². The third-order valence-electron chi connectivity index (χ3n) is 3.28. The van der Waals surface area contributed by atoms with E-state index in [1.165, 1.54) is 0 Å². The zero-order valence-electron chi connectivity index (χ0n) is 11.6. The van der Waals surface area contributed by atoms with E-state index in [2.05, 4.69) is 15.0 Å². The minimum atomic E-state index is -0.0881. The zero-order valence-corrected chi connectivity index (χ0v) is 11.6. The van der Waals surface area contributed by atoms with E-state index in [0.29, 0.717) is 5.82 Å². The summed E-state index contributed by atoms with van der Waals surface area (Å²) in [5.74, 6) is 1.05. The van der Waals surface area contributed by atoms with Crippen molar-refractivity contribution >= 4 is 27.7 Å². The molecule has 0 radical (unpaired) electrons. The fourth-order valence-electron chi connectivity index (χ4n) is 2.16. The molecule has 0 aliphatic carbocycles. The van der Waals surface area contributed by atoms with Crippen LogP contribution in [0.5, 0.6) is 5.75 Å². The number of aromatic nitrogens is 3. The summed E-state index contributed by atoms with van der Waals surface area (Å²) in [6.07, 6.45) is 1.70. The Kier molecular flexibility index (Phi) is 2.89. The van der Waals surface area contributed by atoms with Gasteiger partial charge in [0.05, 0.1) is 24.3 Å². The Hall–Kier alpha value is -2.43. The number of benzene rings is 1. The fourth-order valence-corrected chi connectivity index (χ4v) is 2.16. The lowest BCUT2D eigenvalue weighted by atomic mass is 10.1. The number of fused-ring (bicyclic) bond motifs is 3. The van der Waals surface area contributed by atoms with Crippen LogP contribution in [0.25, 0.3) is 21.9 Å². The van der Waals surface area contributed by atoms with Gasteiger partial charge in [0.25, 0.3) is 0 Å². The van der Waals surface area contributed by atoms with Gasteiger partial charge < -0.3 is 9.72 Å². The van der Waals surface area contributed by atoms with E-state index >= 15 is 0 Å². The Labute approximate surface area is 116 Å². The number of methoxy groups -OCH3 is 1. The summed E-state index contributed by atoms with van der Waals surface area (Å²) in [5, 5.41) is 0.905. The van der Waals surface area contributed by atoms with Crippen molar-refractivity contribution in [2.75, 3.05) is 7.11 Å². The van der Waals surface area contributed by atoms with Crippen molar-refractivity contribution in [1.82, 2.24) is 15.0 Å². The summed E-state index contributed by atoms with van der Waals surface area (Å²) in [6, 6.07) is 5.63. The second-order valence-corrected chi connectivity index (χ2v) is 5.01. The van der Waals surface area contributed by atoms with Crippen molar-refractivity contribution in [3.8, 4) is 5.75 Å². The maximum absolute atomic E-state index is 12.0. The first kappa shape index (κ1) is 12.6. The van der Waals surface area contributed by atoms with Gasteiger partial charge in [-0.05, 0) is 12.1 Å². The number of Topliss-reactive ketones (excluding diaryl/α,β-unsaturated/α-hetero) is 1. The topological polar surface area (TPSA) is 67.9 Å². The highest BCUT2D eigenvalue weighted by Gasteiger charge is 2.16. The molecule has 102 valence electrons. The SMILES string of the molecule is COc1ccc2c(c1)ncc1[nH]c(C(=O)C(C)C)nc12. The van der Waals surface area contributed by atoms with Gasteiger partial charge in [-0.2, -0.15) is 0 Å². The Morgan fingerprint density at radius 1 is 1.35 bits per heavy atom. The van der Waals surface area contributed by atoms with Crippen molar-refractivity contribution < 1.29 is 9.53 Å². The zero-order chi connectivity index (χ0) is 14.3. The molecular formula is C15H15N3O2. The summed E-state index contributed by atoms with van der Waals surface area (Å²) < 4.78 is 5.19. The highest BCUT2D eigenvalue weighted by Crippen LogP contribution is 2.25. The Balaban J connectivity index is 2.23. The molecule has 20 heavy (non-hydrogen) atoms. The summed E-state index contributed by atoms with van der Waals surface area (Å²) >= 11 is 0. The van der Waals surface area contributed by atoms with Gasteiger partial charge in [0, 0.05) is 17.4 Å². The lowest BCUT2D eigenvalue weighted by Crippen LogP contribution is -2.09. The highest BCUT2D eigenvalue weighted by molar-refractivity contribution is 6.05. The van der Waals surface area contributed by atoms with Gasteiger partial charge in [0.1, 0.15) is 11.3 Å². The normalized spacial score (nSPS) is 11.4. The van der Waals surface area contributed by atoms with Crippen LogP contribution in [0, 0.1) is 5.92 Å². The first-order valence-electron chi connectivity index (χ1n) is 6.47. The standard InChI is InChI=1S/C15H15N3O2/c1-8(2)14(19)15-17-12-7-16-11-6-9(20-3)4-5-10(11)13(12)18-15/h4-8H,1-3H3,(H,17,18). The summed E-state index contributed by atoms with van der Waals surface area (Å²) in [7, 11) is 1.62. The average molecular weight is 269 g/mol. The number of imidazole rings is 1. The molecule has 0 bridgehead atoms. The Morgan fingerprint density at radius 3 is 2.85 bits per heavy atom. The van der Waals surface area contributed by atoms with Gasteiger partial charge in [-0.25, -0.2) is 4.98 Å². The van der Waals surface area contributed by atoms with Gasteiger partial charge in [-0.1, -0.05) is 13.8 Å². The molecular weight excluding hydrogens is 254 g/mol. The molecule has 0 atom stereocenters. The number of H-pyrrole nitrogens is 1. The number of hydrogen-bond donors (Lipinski definition) is 1. The quantitative estimate of drug-likeness (QED) is 0.742. The number of nitrogens with one attached hydrogen (secondary N) is 1. The third-order valence-corrected chi connectivity index (χ3v) is 3.28. The molecule has 0 spiro atoms. The van der Waals surface area contributed by atoms with Crippen molar-refractivity contribution in [3.63, 3.8) is 0 Å². The lowest BCUT2D eigenvalue weighted by molar-refractivity contribution is 0.0930. The van der Waals surface area contributed by atoms with Crippen LogP contribution in [0.2, 0.25) is 0 Å². The smallest absolute Gasteiger partial charge is 0.200 e. The molecule has 0 amide bonds. The van der Waals surface area contributed by atoms with E-state index in [1.54, 1.807) is 13.3 Å². The van der Waals surface area contributed by atoms with Crippen LogP contribution in [0.15, 0.2) is 24.4 Å². The van der Waals surface area contributed by atoms with E-state index in [4.69, 9.17) is 4.74 Å². The molecule has 0 aliphatic rings. The molecule has 5 heteroatoms. The molecule has 0 saturated carbocycles. The summed E-state index contributed by atoms with van der Waals surface area (Å²) in [4.78, 5) is 23.9. The minimum Gasteiger partial charge on any atom is -0.497 e. The molecule has 0 saturated heterocycles. The lowest BCUT2D eigenvalue weighted by Gasteiger charge is -2.01. The van der Waals surface area contributed by atoms with E-state index in [-0.39, 0.29) is 11.7 Å². The number of hydrogen-bond acceptors (Lipinski definition) is 4. The fraction of sp³-hybridized carbons (Fsp3) is 0.267. The second kappa shape index (κ2) is 4.59. The van der Waals surface area contributed by atoms with Gasteiger partial charge in [-0.3, -0.25) is 9.78 Å². The van der Waals surface area contributed by atoms with Crippen LogP contribution >= 0.6 is 0 Å². The van der Waals surface area contributed by atoms with Crippen LogP contribution in [0.4, 0.5) is 0 Å². The largest absolute Gasteiger partial charge is 0.497 e. The number of rotatable bonds is 3. The number of pyridine rings is 1. The van der Waals surface area contributed by atoms with E-state index in [0.717, 1.165) is 27.7 Å². The Bertz CT molecular complexity index is 805. The van der Waals surface area contributed by atoms with Crippen LogP contribution in [0.1, 0.15) is 24.5 Å². The molecule has 3 aromatic rings. The molecule has 0 aliphatic heterocycles. The molecule has 1 aromatic carbocycles. The molecule has 0 fully saturated rings. The van der Waals surface area contributed by atoms with Crippen LogP contribution in [-0.2, 0) is 0 Å². The number of carbonyl (C=O) groups is 1. The predicted molar refractivity (Wildman–Crippen MR) is 77.1 cm³/mol. The van der Waals surface area contributed by atoms with Gasteiger partial charge >= 0.3 is 0 Å². The maximum Gasteiger partial charge on any atom is 0.200 e. The highest BCUT2D eigenvalue weighted by atomic mass is 16.5. The molecule has 0 unspecified atom stereocenters. The van der Waals surface area contributed by atoms with Crippen molar-refractivity contribution in [1.29, 1.82) is 0 Å².